The second-order valence-corrected chi connectivity index (χ2v) is 34.2. The Bertz CT molecular complexity index is 8180. The monoisotopic (exact) mass is 1520 g/mol. The molecular weight excluding hydrogens is 1440 g/mol. The van der Waals surface area contributed by atoms with Crippen molar-refractivity contribution in [3.8, 4) is 100 Å². The van der Waals surface area contributed by atoms with Crippen LogP contribution >= 0.6 is 0 Å². The molecule has 0 aromatic heterocycles. The lowest BCUT2D eigenvalue weighted by Gasteiger charge is -2.26. The molecule has 560 valence electrons. The fourth-order valence-electron chi connectivity index (χ4n) is 22.2. The van der Waals surface area contributed by atoms with Crippen LogP contribution in [0.1, 0.15) is 49.9 Å². The molecule has 0 nitrogen and oxygen atoms in total. The molecule has 2 aliphatic carbocycles. The first-order valence-electron chi connectivity index (χ1n) is 42.3. The second-order valence-electron chi connectivity index (χ2n) is 34.2. The average molecular weight is 1520 g/mol. The van der Waals surface area contributed by atoms with Gasteiger partial charge in [0.2, 0.25) is 0 Å². The van der Waals surface area contributed by atoms with Gasteiger partial charge in [-0.25, -0.2) is 0 Å². The van der Waals surface area contributed by atoms with Crippen LogP contribution < -0.4 is 0 Å². The molecule has 2 aliphatic rings. The molecule has 0 atom stereocenters. The highest BCUT2D eigenvalue weighted by molar-refractivity contribution is 6.26. The predicted octanol–water partition coefficient (Wildman–Crippen LogP) is 33.5. The Morgan fingerprint density at radius 1 is 0.125 bits per heavy atom. The minimum Gasteiger partial charge on any atom is -0.0616 e. The Hall–Kier alpha value is -14.8. The zero-order valence-electron chi connectivity index (χ0n) is 67.3. The summed E-state index contributed by atoms with van der Waals surface area (Å²) in [4.78, 5) is 0. The minimum absolute atomic E-state index is 0.179. The third-order valence-corrected chi connectivity index (χ3v) is 27.2. The molecule has 25 rings (SSSR count). The topological polar surface area (TPSA) is 0 Å². The zero-order valence-corrected chi connectivity index (χ0v) is 67.3. The Kier molecular flexibility index (Phi) is 15.6. The molecule has 120 heavy (non-hydrogen) atoms. The lowest BCUT2D eigenvalue weighted by atomic mass is 9.76. The van der Waals surface area contributed by atoms with Crippen LogP contribution in [-0.2, 0) is 10.8 Å². The van der Waals surface area contributed by atoms with Gasteiger partial charge in [0.15, 0.2) is 0 Å². The van der Waals surface area contributed by atoms with Crippen LogP contribution in [0.3, 0.4) is 0 Å². The lowest BCUT2D eigenvalue weighted by molar-refractivity contribution is 0.668. The first-order chi connectivity index (χ1) is 59.1. The second kappa shape index (κ2) is 26.9. The number of rotatable bonds is 7. The van der Waals surface area contributed by atoms with Crippen LogP contribution in [0.4, 0.5) is 0 Å². The van der Waals surface area contributed by atoms with Gasteiger partial charge >= 0.3 is 0 Å². The maximum absolute atomic E-state index is 2.43. The largest absolute Gasteiger partial charge is 0.0616 e. The number of hydrogen-bond acceptors (Lipinski definition) is 0. The number of benzene rings is 23. The predicted molar refractivity (Wildman–Crippen MR) is 516 cm³/mol. The van der Waals surface area contributed by atoms with Crippen molar-refractivity contribution in [1.29, 1.82) is 0 Å². The van der Waals surface area contributed by atoms with E-state index in [0.717, 1.165) is 0 Å². The summed E-state index contributed by atoms with van der Waals surface area (Å²) in [5.41, 5.74) is 28.5. The van der Waals surface area contributed by atoms with Crippen molar-refractivity contribution in [1.82, 2.24) is 0 Å². The van der Waals surface area contributed by atoms with Crippen LogP contribution in [0.5, 0.6) is 0 Å². The van der Waals surface area contributed by atoms with Gasteiger partial charge in [-0.2, -0.15) is 0 Å². The minimum atomic E-state index is -0.187. The molecule has 0 heteroatoms. The van der Waals surface area contributed by atoms with E-state index in [0.29, 0.717) is 0 Å². The van der Waals surface area contributed by atoms with Gasteiger partial charge in [-0.1, -0.05) is 428 Å². The summed E-state index contributed by atoms with van der Waals surface area (Å²) in [6.45, 7) is 9.70. The van der Waals surface area contributed by atoms with Gasteiger partial charge in [-0.15, -0.1) is 0 Å². The van der Waals surface area contributed by atoms with E-state index >= 15 is 0 Å². The zero-order chi connectivity index (χ0) is 79.6. The maximum Gasteiger partial charge on any atom is 0.0171 e. The van der Waals surface area contributed by atoms with Gasteiger partial charge in [0.25, 0.3) is 0 Å². The van der Waals surface area contributed by atoms with Gasteiger partial charge in [0.1, 0.15) is 0 Å². The molecule has 0 heterocycles. The molecule has 0 amide bonds. The lowest BCUT2D eigenvalue weighted by Crippen LogP contribution is -2.17. The van der Waals surface area contributed by atoms with Crippen molar-refractivity contribution in [3.63, 3.8) is 0 Å². The van der Waals surface area contributed by atoms with Crippen molar-refractivity contribution >= 4 is 129 Å². The van der Waals surface area contributed by atoms with E-state index in [9.17, 15) is 0 Å². The number of fused-ring (bicyclic) bond motifs is 26. The van der Waals surface area contributed by atoms with Gasteiger partial charge in [0.05, 0.1) is 0 Å². The average Bonchev–Trinajstić information content (AvgIpc) is 1.51. The summed E-state index contributed by atoms with van der Waals surface area (Å²) < 4.78 is 0. The molecule has 0 fully saturated rings. The van der Waals surface area contributed by atoms with Gasteiger partial charge in [-0.3, -0.25) is 0 Å². The molecule has 23 aromatic carbocycles. The van der Waals surface area contributed by atoms with Crippen LogP contribution in [0.15, 0.2) is 413 Å². The Morgan fingerprint density at radius 2 is 0.358 bits per heavy atom. The molecule has 0 spiro atoms. The van der Waals surface area contributed by atoms with E-state index in [1.807, 2.05) is 0 Å². The van der Waals surface area contributed by atoms with E-state index in [-0.39, 0.29) is 10.8 Å². The standard InChI is InChI=1S/C63H42.C57H38/c1-63(2)61-45(28-15-29-56(61)60-50-22-9-7-19-47(50)48-20-8-14-27-55(48)62(60)63)39-30-34-41(35-31-39)58-51-23-10-12-25-53(51)59(54-26-13-11-24-52(54)58)42-36-32-40(33-37-42)57-38-43-16-3-4-17-44(43)46-18-5-6-21-49(46)57;1-57(2)55-42(24-13-25-51(55)54-45-18-7-5-16-43(45)44-17-6-12-23-50(44)56(54)57)36-26-29-37(30-27-36)52-46-19-8-10-21-48(46)53(49-22-11-9-20-47(49)52)39-32-33-41-38(34-39)31-28-35-14-3-4-15-40(35)41/h3-38H,1-2H3;3-34H,1-2H3. The fourth-order valence-corrected chi connectivity index (χ4v) is 22.2. The smallest absolute Gasteiger partial charge is 0.0171 e. The summed E-state index contributed by atoms with van der Waals surface area (Å²) in [7, 11) is 0. The van der Waals surface area contributed by atoms with E-state index in [1.165, 1.54) is 252 Å². The van der Waals surface area contributed by atoms with Gasteiger partial charge < -0.3 is 0 Å². The van der Waals surface area contributed by atoms with Crippen molar-refractivity contribution in [2.45, 2.75) is 38.5 Å². The highest BCUT2D eigenvalue weighted by Gasteiger charge is 2.42. The molecule has 23 aromatic rings. The molecule has 0 unspecified atom stereocenters. The summed E-state index contributed by atoms with van der Waals surface area (Å²) in [5, 5.41) is 31.1. The molecular formula is C120H80. The summed E-state index contributed by atoms with van der Waals surface area (Å²) in [5.74, 6) is 0. The van der Waals surface area contributed by atoms with Crippen molar-refractivity contribution < 1.29 is 0 Å². The first kappa shape index (κ1) is 69.5. The number of hydrogen-bond donors (Lipinski definition) is 0. The molecule has 0 aliphatic heterocycles. The summed E-state index contributed by atoms with van der Waals surface area (Å²) in [6, 6.07) is 154. The van der Waals surface area contributed by atoms with Gasteiger partial charge in [-0.05, 0) is 264 Å². The Morgan fingerprint density at radius 3 is 0.742 bits per heavy atom. The van der Waals surface area contributed by atoms with Crippen LogP contribution in [0.25, 0.3) is 229 Å². The SMILES string of the molecule is CC1(C)c2c(-c3ccc(-c4c5ccccc5c(-c5ccc(-c6cc7ccccc7c7ccccc67)cc5)c5ccccc45)cc3)cccc2-c2c1c1ccccc1c1ccccc21.CC1(C)c2c(-c3ccc(-c4c5ccccc5c(-c5ccc6c(ccc7ccccc76)c5)c5ccccc45)cc3)cccc2-c2c1c1ccccc1c1ccccc21. The van der Waals surface area contributed by atoms with Crippen molar-refractivity contribution in [2.24, 2.45) is 0 Å². The highest BCUT2D eigenvalue weighted by Crippen LogP contribution is 2.60. The molecule has 0 N–H and O–H groups in total. The first-order valence-corrected chi connectivity index (χ1v) is 42.3. The fraction of sp³-hybridized carbons (Fsp3) is 0.0500. The van der Waals surface area contributed by atoms with Crippen LogP contribution in [0.2, 0.25) is 0 Å². The third-order valence-electron chi connectivity index (χ3n) is 27.2. The molecule has 0 radical (unpaired) electrons. The maximum atomic E-state index is 2.43. The van der Waals surface area contributed by atoms with Crippen molar-refractivity contribution in [3.05, 3.63) is 435 Å². The Balaban J connectivity index is 0.000000137. The summed E-state index contributed by atoms with van der Waals surface area (Å²) >= 11 is 0. The van der Waals surface area contributed by atoms with E-state index in [2.05, 4.69) is 440 Å². The van der Waals surface area contributed by atoms with E-state index < -0.39 is 0 Å². The normalized spacial score (nSPS) is 13.1. The van der Waals surface area contributed by atoms with E-state index in [1.54, 1.807) is 0 Å². The molecule has 0 bridgehead atoms. The van der Waals surface area contributed by atoms with Gasteiger partial charge in [0, 0.05) is 10.8 Å². The van der Waals surface area contributed by atoms with Crippen LogP contribution in [0, 0.1) is 0 Å². The quantitative estimate of drug-likeness (QED) is 0.110. The highest BCUT2D eigenvalue weighted by atomic mass is 14.4. The van der Waals surface area contributed by atoms with Crippen molar-refractivity contribution in [2.75, 3.05) is 0 Å². The van der Waals surface area contributed by atoms with Crippen LogP contribution in [-0.4, -0.2) is 0 Å². The van der Waals surface area contributed by atoms with E-state index in [4.69, 9.17) is 0 Å². The molecule has 0 saturated carbocycles. The third kappa shape index (κ3) is 10.4. The Labute approximate surface area is 697 Å². The molecule has 0 saturated heterocycles. The summed E-state index contributed by atoms with van der Waals surface area (Å²) in [6.07, 6.45) is 0.